The molecule has 0 bridgehead atoms. The van der Waals surface area contributed by atoms with Crippen molar-refractivity contribution in [3.05, 3.63) is 119 Å². The molecule has 1 N–H and O–H groups in total. The first kappa shape index (κ1) is 24.1. The van der Waals surface area contributed by atoms with Gasteiger partial charge in [0.25, 0.3) is 0 Å². The third-order valence-corrected chi connectivity index (χ3v) is 9.13. The summed E-state index contributed by atoms with van der Waals surface area (Å²) in [6.45, 7) is 4.61. The highest BCUT2D eigenvalue weighted by Gasteiger charge is 2.35. The van der Waals surface area contributed by atoms with E-state index in [1.165, 1.54) is 45.1 Å². The number of aromatic nitrogens is 1. The van der Waals surface area contributed by atoms with Crippen LogP contribution in [0.15, 0.2) is 103 Å². The molecule has 1 aliphatic carbocycles. The predicted octanol–water partition coefficient (Wildman–Crippen LogP) is 8.81. The van der Waals surface area contributed by atoms with Gasteiger partial charge in [-0.15, -0.1) is 11.3 Å². The van der Waals surface area contributed by atoms with E-state index in [1.807, 2.05) is 12.1 Å². The van der Waals surface area contributed by atoms with E-state index in [9.17, 15) is 9.90 Å². The number of carboxylic acids is 1. The van der Waals surface area contributed by atoms with Crippen molar-refractivity contribution in [2.24, 2.45) is 0 Å². The van der Waals surface area contributed by atoms with E-state index < -0.39 is 5.97 Å². The van der Waals surface area contributed by atoms with Crippen LogP contribution < -0.4 is 0 Å². The first-order chi connectivity index (χ1) is 19.4. The number of carbonyl (C=O) groups is 1. The summed E-state index contributed by atoms with van der Waals surface area (Å²) in [5.74, 6) is -1.22. The lowest BCUT2D eigenvalue weighted by molar-refractivity contribution is -0.132. The van der Waals surface area contributed by atoms with Crippen LogP contribution in [0.1, 0.15) is 29.9 Å². The van der Waals surface area contributed by atoms with E-state index in [0.29, 0.717) is 0 Å². The van der Waals surface area contributed by atoms with E-state index in [0.717, 1.165) is 37.4 Å². The molecule has 0 aliphatic heterocycles. The molecule has 0 unspecified atom stereocenters. The number of rotatable bonds is 4. The normalized spacial score (nSPS) is 13.8. The number of thiophene rings is 1. The fourth-order valence-electron chi connectivity index (χ4n) is 6.11. The van der Waals surface area contributed by atoms with Gasteiger partial charge in [0.2, 0.25) is 0 Å². The minimum absolute atomic E-state index is 0.0781. The van der Waals surface area contributed by atoms with Gasteiger partial charge in [0.1, 0.15) is 11.6 Å². The number of hydrogen-bond donors (Lipinski definition) is 1. The van der Waals surface area contributed by atoms with Gasteiger partial charge >= 0.3 is 5.97 Å². The zero-order valence-corrected chi connectivity index (χ0v) is 22.8. The van der Waals surface area contributed by atoms with Crippen molar-refractivity contribution < 1.29 is 9.90 Å². The summed E-state index contributed by atoms with van der Waals surface area (Å²) in [6, 6.07) is 36.1. The highest BCUT2D eigenvalue weighted by molar-refractivity contribution is 7.16. The number of hydrogen-bond acceptors (Lipinski definition) is 3. The van der Waals surface area contributed by atoms with Crippen LogP contribution in [0.5, 0.6) is 0 Å². The number of nitriles is 1. The standard InChI is InChI=1S/C35H24N2O2S/c1-35(2)29-9-5-3-7-25(29)26-14-12-23(19-30(26)35)37-31-10-6-4-8-27(31)28-18-21(11-15-32(28)37)33-16-13-24(40-33)17-22(20-36)34(38)39/h3-19H,1-2H3,(H,38,39)/b22-17+. The highest BCUT2D eigenvalue weighted by atomic mass is 32.1. The largest absolute Gasteiger partial charge is 0.477 e. The van der Waals surface area contributed by atoms with Crippen molar-refractivity contribution in [2.75, 3.05) is 0 Å². The van der Waals surface area contributed by atoms with Crippen LogP contribution in [0.2, 0.25) is 0 Å². The predicted molar refractivity (Wildman–Crippen MR) is 163 cm³/mol. The first-order valence-corrected chi connectivity index (χ1v) is 13.9. The molecule has 7 rings (SSSR count). The quantitative estimate of drug-likeness (QED) is 0.181. The van der Waals surface area contributed by atoms with Gasteiger partial charge in [0, 0.05) is 31.6 Å². The number of nitrogens with zero attached hydrogens (tertiary/aromatic N) is 2. The Hall–Kier alpha value is -4.92. The van der Waals surface area contributed by atoms with E-state index in [-0.39, 0.29) is 11.0 Å². The van der Waals surface area contributed by atoms with Gasteiger partial charge in [0.15, 0.2) is 0 Å². The van der Waals surface area contributed by atoms with Crippen LogP contribution in [0.4, 0.5) is 0 Å². The van der Waals surface area contributed by atoms with Gasteiger partial charge < -0.3 is 9.67 Å². The second-order valence-electron chi connectivity index (χ2n) is 10.7. The topological polar surface area (TPSA) is 66.0 Å². The fourth-order valence-corrected chi connectivity index (χ4v) is 7.05. The molecule has 6 aromatic rings. The number of aliphatic carboxylic acids is 1. The van der Waals surface area contributed by atoms with Crippen LogP contribution in [0.25, 0.3) is 55.1 Å². The summed E-state index contributed by atoms with van der Waals surface area (Å²) in [5, 5.41) is 20.7. The molecule has 2 aromatic heterocycles. The van der Waals surface area contributed by atoms with Crippen LogP contribution in [-0.2, 0) is 10.2 Å². The fraction of sp³-hybridized carbons (Fsp3) is 0.0857. The number of carboxylic acid groups (broad SMARTS) is 1. The smallest absolute Gasteiger partial charge is 0.346 e. The lowest BCUT2D eigenvalue weighted by atomic mass is 9.82. The van der Waals surface area contributed by atoms with Crippen LogP contribution in [0.3, 0.4) is 0 Å². The Morgan fingerprint density at radius 3 is 2.42 bits per heavy atom. The number of benzene rings is 4. The molecule has 0 spiro atoms. The maximum Gasteiger partial charge on any atom is 0.346 e. The maximum atomic E-state index is 11.3. The molecule has 0 radical (unpaired) electrons. The summed E-state index contributed by atoms with van der Waals surface area (Å²) >= 11 is 1.47. The zero-order chi connectivity index (χ0) is 27.6. The molecule has 5 heteroatoms. The SMILES string of the molecule is CC1(C)c2ccccc2-c2ccc(-n3c4ccccc4c4cc(-c5ccc(/C=C(\C#N)C(=O)O)s5)ccc43)cc21. The van der Waals surface area contributed by atoms with E-state index in [2.05, 4.69) is 103 Å². The van der Waals surface area contributed by atoms with Crippen LogP contribution in [0, 0.1) is 11.3 Å². The Labute approximate surface area is 235 Å². The van der Waals surface area contributed by atoms with Crippen molar-refractivity contribution in [1.82, 2.24) is 4.57 Å². The Bertz CT molecular complexity index is 2080. The Morgan fingerprint density at radius 2 is 1.60 bits per heavy atom. The van der Waals surface area contributed by atoms with Gasteiger partial charge in [-0.1, -0.05) is 68.4 Å². The molecular formula is C35H24N2O2S. The van der Waals surface area contributed by atoms with Crippen molar-refractivity contribution in [3.63, 3.8) is 0 Å². The van der Waals surface area contributed by atoms with Gasteiger partial charge in [0.05, 0.1) is 11.0 Å². The molecule has 0 saturated heterocycles. The third kappa shape index (κ3) is 3.54. The van der Waals surface area contributed by atoms with Gasteiger partial charge in [-0.05, 0) is 76.4 Å². The average molecular weight is 537 g/mol. The molecule has 0 atom stereocenters. The van der Waals surface area contributed by atoms with Gasteiger partial charge in [-0.2, -0.15) is 5.26 Å². The summed E-state index contributed by atoms with van der Waals surface area (Å²) in [4.78, 5) is 13.0. The third-order valence-electron chi connectivity index (χ3n) is 8.05. The van der Waals surface area contributed by atoms with Crippen LogP contribution in [-0.4, -0.2) is 15.6 Å². The zero-order valence-electron chi connectivity index (χ0n) is 22.0. The summed E-state index contributed by atoms with van der Waals surface area (Å²) < 4.78 is 2.35. The highest BCUT2D eigenvalue weighted by Crippen LogP contribution is 2.49. The van der Waals surface area contributed by atoms with E-state index >= 15 is 0 Å². The monoisotopic (exact) mass is 536 g/mol. The van der Waals surface area contributed by atoms with Gasteiger partial charge in [-0.3, -0.25) is 0 Å². The molecule has 0 saturated carbocycles. The molecule has 4 nitrogen and oxygen atoms in total. The van der Waals surface area contributed by atoms with Crippen molar-refractivity contribution in [1.29, 1.82) is 5.26 Å². The minimum atomic E-state index is -1.22. The van der Waals surface area contributed by atoms with Crippen LogP contribution >= 0.6 is 11.3 Å². The summed E-state index contributed by atoms with van der Waals surface area (Å²) in [5.41, 5.74) is 9.45. The second kappa shape index (κ2) is 8.81. The Kier molecular flexibility index (Phi) is 5.31. The lowest BCUT2D eigenvalue weighted by Crippen LogP contribution is -2.15. The lowest BCUT2D eigenvalue weighted by Gasteiger charge is -2.22. The van der Waals surface area contributed by atoms with E-state index in [1.54, 1.807) is 6.07 Å². The van der Waals surface area contributed by atoms with Crippen molar-refractivity contribution in [2.45, 2.75) is 19.3 Å². The molecule has 2 heterocycles. The molecule has 192 valence electrons. The Balaban J connectivity index is 1.38. The first-order valence-electron chi connectivity index (χ1n) is 13.1. The molecule has 0 fully saturated rings. The molecule has 40 heavy (non-hydrogen) atoms. The van der Waals surface area contributed by atoms with Crippen molar-refractivity contribution in [3.8, 4) is 33.3 Å². The second-order valence-corrected chi connectivity index (χ2v) is 11.8. The van der Waals surface area contributed by atoms with Crippen molar-refractivity contribution >= 4 is 45.2 Å². The molecule has 0 amide bonds. The average Bonchev–Trinajstić information content (AvgIpc) is 3.63. The Morgan fingerprint density at radius 1 is 0.850 bits per heavy atom. The van der Waals surface area contributed by atoms with E-state index in [4.69, 9.17) is 5.26 Å². The summed E-state index contributed by atoms with van der Waals surface area (Å²) in [6.07, 6.45) is 1.43. The maximum absolute atomic E-state index is 11.3. The number of para-hydroxylation sites is 1. The molecular weight excluding hydrogens is 512 g/mol. The summed E-state index contributed by atoms with van der Waals surface area (Å²) in [7, 11) is 0. The molecule has 4 aromatic carbocycles. The number of fused-ring (bicyclic) bond motifs is 6. The minimum Gasteiger partial charge on any atom is -0.477 e. The van der Waals surface area contributed by atoms with Gasteiger partial charge in [-0.25, -0.2) is 4.79 Å². The molecule has 1 aliphatic rings.